The number of ether oxygens (including phenoxy) is 1. The summed E-state index contributed by atoms with van der Waals surface area (Å²) in [6.45, 7) is 2.95. The lowest BCUT2D eigenvalue weighted by Crippen LogP contribution is -2.33. The first-order chi connectivity index (χ1) is 16.2. The van der Waals surface area contributed by atoms with Gasteiger partial charge in [0.05, 0.1) is 18.5 Å². The van der Waals surface area contributed by atoms with E-state index >= 15 is 0 Å². The zero-order valence-electron chi connectivity index (χ0n) is 18.7. The summed E-state index contributed by atoms with van der Waals surface area (Å²) in [7, 11) is 1.68. The summed E-state index contributed by atoms with van der Waals surface area (Å²) in [4.78, 5) is 20.8. The monoisotopic (exact) mass is 441 g/mol. The largest absolute Gasteiger partial charge is 0.497 e. The number of benzene rings is 2. The van der Waals surface area contributed by atoms with Crippen LogP contribution < -0.4 is 9.64 Å². The van der Waals surface area contributed by atoms with E-state index in [-0.39, 0.29) is 0 Å². The van der Waals surface area contributed by atoms with Gasteiger partial charge in [-0.05, 0) is 35.9 Å². The molecule has 2 aromatic carbocycles. The molecule has 0 radical (unpaired) electrons. The number of aromatic nitrogens is 3. The number of nitrogens with zero attached hydrogens (tertiary/aromatic N) is 5. The topological polar surface area (TPSA) is 63.0 Å². The van der Waals surface area contributed by atoms with E-state index in [1.807, 2.05) is 41.0 Å². The Morgan fingerprint density at radius 1 is 1.03 bits per heavy atom. The smallest absolute Gasteiger partial charge is 0.177 e. The standard InChI is InChI=1S/C26H27N5O2/c1-33-24-9-7-20(8-10-24)18-30(22-5-3-2-4-6-22)25-17-21(28-31-16-13-27-26(25)31)19-29-14-11-23(32)12-15-29/h2-10,13,16-17H,11-12,14-15,18-19H2,1H3. The van der Waals surface area contributed by atoms with Gasteiger partial charge in [0.15, 0.2) is 5.65 Å². The molecule has 0 N–H and O–H groups in total. The second-order valence-electron chi connectivity index (χ2n) is 8.30. The quantitative estimate of drug-likeness (QED) is 0.427. The van der Waals surface area contributed by atoms with Crippen molar-refractivity contribution in [3.63, 3.8) is 0 Å². The third-order valence-electron chi connectivity index (χ3n) is 6.05. The van der Waals surface area contributed by atoms with Crippen LogP contribution in [0.2, 0.25) is 0 Å². The van der Waals surface area contributed by atoms with Crippen molar-refractivity contribution in [1.82, 2.24) is 19.5 Å². The van der Waals surface area contributed by atoms with Crippen LogP contribution in [0.1, 0.15) is 24.1 Å². The Kier molecular flexibility index (Phi) is 6.04. The normalized spacial score (nSPS) is 14.5. The number of piperidine rings is 1. The average molecular weight is 442 g/mol. The van der Waals surface area contributed by atoms with E-state index in [1.54, 1.807) is 13.3 Å². The number of para-hydroxylation sites is 1. The summed E-state index contributed by atoms with van der Waals surface area (Å²) in [6.07, 6.45) is 4.91. The van der Waals surface area contributed by atoms with Crippen LogP contribution in [0, 0.1) is 0 Å². The van der Waals surface area contributed by atoms with Crippen LogP contribution in [0.4, 0.5) is 11.4 Å². The molecule has 168 valence electrons. The fraction of sp³-hybridized carbons (Fsp3) is 0.269. The molecule has 7 nitrogen and oxygen atoms in total. The highest BCUT2D eigenvalue weighted by atomic mass is 16.5. The Hall–Kier alpha value is -3.71. The maximum Gasteiger partial charge on any atom is 0.177 e. The molecule has 5 rings (SSSR count). The molecule has 1 aliphatic rings. The number of Topliss-reactive ketones (excluding diaryl/α,β-unsaturated/α-hetero) is 1. The maximum atomic E-state index is 11.6. The summed E-state index contributed by atoms with van der Waals surface area (Å²) >= 11 is 0. The van der Waals surface area contributed by atoms with Gasteiger partial charge in [-0.25, -0.2) is 9.50 Å². The van der Waals surface area contributed by atoms with Crippen molar-refractivity contribution < 1.29 is 9.53 Å². The second-order valence-corrected chi connectivity index (χ2v) is 8.30. The highest BCUT2D eigenvalue weighted by molar-refractivity contribution is 5.79. The van der Waals surface area contributed by atoms with Crippen molar-refractivity contribution in [3.05, 3.63) is 84.3 Å². The molecule has 0 amide bonds. The van der Waals surface area contributed by atoms with Gasteiger partial charge < -0.3 is 9.64 Å². The van der Waals surface area contributed by atoms with E-state index < -0.39 is 0 Å². The van der Waals surface area contributed by atoms with E-state index in [0.717, 1.165) is 47.1 Å². The third kappa shape index (κ3) is 4.73. The van der Waals surface area contributed by atoms with Crippen molar-refractivity contribution in [1.29, 1.82) is 0 Å². The van der Waals surface area contributed by atoms with Crippen molar-refractivity contribution in [2.75, 3.05) is 25.1 Å². The minimum absolute atomic E-state index is 0.347. The molecule has 0 saturated carbocycles. The first kappa shape index (κ1) is 21.2. The number of methoxy groups -OCH3 is 1. The van der Waals surface area contributed by atoms with Crippen molar-refractivity contribution in [2.45, 2.75) is 25.9 Å². The molecule has 3 heterocycles. The zero-order chi connectivity index (χ0) is 22.6. The summed E-state index contributed by atoms with van der Waals surface area (Å²) in [6, 6.07) is 20.6. The van der Waals surface area contributed by atoms with Crippen LogP contribution in [0.3, 0.4) is 0 Å². The van der Waals surface area contributed by atoms with Crippen LogP contribution in [0.15, 0.2) is 73.1 Å². The fourth-order valence-corrected chi connectivity index (χ4v) is 4.25. The van der Waals surface area contributed by atoms with Gasteiger partial charge in [0.2, 0.25) is 0 Å². The predicted octanol–water partition coefficient (Wildman–Crippen LogP) is 4.24. The van der Waals surface area contributed by atoms with Crippen LogP contribution in [-0.4, -0.2) is 45.5 Å². The number of imidazole rings is 1. The zero-order valence-corrected chi connectivity index (χ0v) is 18.7. The number of ketones is 1. The minimum Gasteiger partial charge on any atom is -0.497 e. The molecule has 7 heteroatoms. The molecule has 0 unspecified atom stereocenters. The number of carbonyl (C=O) groups excluding carboxylic acids is 1. The maximum absolute atomic E-state index is 11.6. The van der Waals surface area contributed by atoms with Crippen molar-refractivity contribution in [2.24, 2.45) is 0 Å². The Morgan fingerprint density at radius 3 is 2.52 bits per heavy atom. The van der Waals surface area contributed by atoms with Crippen molar-refractivity contribution >= 4 is 22.8 Å². The minimum atomic E-state index is 0.347. The second kappa shape index (κ2) is 9.42. The lowest BCUT2D eigenvalue weighted by Gasteiger charge is -2.28. The van der Waals surface area contributed by atoms with Crippen molar-refractivity contribution in [3.8, 4) is 5.75 Å². The number of rotatable bonds is 7. The van der Waals surface area contributed by atoms with E-state index in [4.69, 9.17) is 9.84 Å². The average Bonchev–Trinajstić information content (AvgIpc) is 3.33. The number of hydrogen-bond donors (Lipinski definition) is 0. The van der Waals surface area contributed by atoms with Gasteiger partial charge in [-0.15, -0.1) is 0 Å². The molecular formula is C26H27N5O2. The Labute approximate surface area is 193 Å². The molecule has 2 aromatic heterocycles. The van der Waals surface area contributed by atoms with E-state index in [2.05, 4.69) is 45.1 Å². The molecule has 0 bridgehead atoms. The Bertz CT molecular complexity index is 1230. The molecule has 4 aromatic rings. The molecule has 0 spiro atoms. The summed E-state index contributed by atoms with van der Waals surface area (Å²) < 4.78 is 7.18. The Morgan fingerprint density at radius 2 is 1.79 bits per heavy atom. The lowest BCUT2D eigenvalue weighted by molar-refractivity contribution is -0.121. The van der Waals surface area contributed by atoms with Crippen LogP contribution in [0.25, 0.3) is 5.65 Å². The van der Waals surface area contributed by atoms with E-state index in [0.29, 0.717) is 31.7 Å². The van der Waals surface area contributed by atoms with Gasteiger partial charge in [0, 0.05) is 57.1 Å². The van der Waals surface area contributed by atoms with Crippen LogP contribution >= 0.6 is 0 Å². The van der Waals surface area contributed by atoms with Gasteiger partial charge in [-0.2, -0.15) is 5.10 Å². The number of anilines is 2. The molecule has 1 saturated heterocycles. The van der Waals surface area contributed by atoms with Gasteiger partial charge >= 0.3 is 0 Å². The summed E-state index contributed by atoms with van der Waals surface area (Å²) in [5.41, 5.74) is 5.02. The SMILES string of the molecule is COc1ccc(CN(c2ccccc2)c2cc(CN3CCC(=O)CC3)nn3ccnc23)cc1. The number of carbonyl (C=O) groups is 1. The molecule has 0 aliphatic carbocycles. The van der Waals surface area contributed by atoms with Crippen LogP contribution in [-0.2, 0) is 17.9 Å². The predicted molar refractivity (Wildman–Crippen MR) is 128 cm³/mol. The van der Waals surface area contributed by atoms with Gasteiger partial charge in [-0.3, -0.25) is 9.69 Å². The number of fused-ring (bicyclic) bond motifs is 1. The van der Waals surface area contributed by atoms with E-state index in [9.17, 15) is 4.79 Å². The molecular weight excluding hydrogens is 414 g/mol. The summed E-state index contributed by atoms with van der Waals surface area (Å²) in [5, 5.41) is 4.80. The highest BCUT2D eigenvalue weighted by Gasteiger charge is 2.20. The molecule has 33 heavy (non-hydrogen) atoms. The number of hydrogen-bond acceptors (Lipinski definition) is 6. The van der Waals surface area contributed by atoms with Gasteiger partial charge in [0.25, 0.3) is 0 Å². The summed E-state index contributed by atoms with van der Waals surface area (Å²) in [5.74, 6) is 1.19. The third-order valence-corrected chi connectivity index (χ3v) is 6.05. The van der Waals surface area contributed by atoms with Crippen LogP contribution in [0.5, 0.6) is 5.75 Å². The van der Waals surface area contributed by atoms with Gasteiger partial charge in [-0.1, -0.05) is 30.3 Å². The Balaban J connectivity index is 1.53. The van der Waals surface area contributed by atoms with E-state index in [1.165, 1.54) is 0 Å². The highest BCUT2D eigenvalue weighted by Crippen LogP contribution is 2.31. The molecule has 1 aliphatic heterocycles. The van der Waals surface area contributed by atoms with Gasteiger partial charge in [0.1, 0.15) is 11.5 Å². The first-order valence-electron chi connectivity index (χ1n) is 11.2. The fourth-order valence-electron chi connectivity index (χ4n) is 4.25. The number of likely N-dealkylation sites (tertiary alicyclic amines) is 1. The lowest BCUT2D eigenvalue weighted by atomic mass is 10.1. The molecule has 0 atom stereocenters. The molecule has 1 fully saturated rings. The first-order valence-corrected chi connectivity index (χ1v) is 11.2.